The molecule has 3 rings (SSSR count). The highest BCUT2D eigenvalue weighted by molar-refractivity contribution is 5.94. The highest BCUT2D eigenvalue weighted by Gasteiger charge is 2.32. The van der Waals surface area contributed by atoms with E-state index in [-0.39, 0.29) is 12.0 Å². The molecule has 2 heterocycles. The van der Waals surface area contributed by atoms with Crippen LogP contribution in [0.25, 0.3) is 0 Å². The summed E-state index contributed by atoms with van der Waals surface area (Å²) in [5, 5.41) is 2.99. The molecule has 5 heteroatoms. The number of nitrogens with zero attached hydrogens (tertiary/aromatic N) is 1. The van der Waals surface area contributed by atoms with Crippen LogP contribution in [-0.2, 0) is 4.74 Å². The lowest BCUT2D eigenvalue weighted by molar-refractivity contribution is -0.0461. The number of nitrogens with one attached hydrogen (secondary N) is 1. The SMILES string of the molecule is CC(C)CCOc1ccc(C(=O)NCC2CN3CCCC3CO2)cc1. The smallest absolute Gasteiger partial charge is 0.251 e. The topological polar surface area (TPSA) is 50.8 Å². The molecule has 2 aliphatic rings. The lowest BCUT2D eigenvalue weighted by Crippen LogP contribution is -2.50. The Morgan fingerprint density at radius 1 is 1.36 bits per heavy atom. The fraction of sp³-hybridized carbons (Fsp3) is 0.650. The van der Waals surface area contributed by atoms with Gasteiger partial charge in [-0.25, -0.2) is 0 Å². The third-order valence-corrected chi connectivity index (χ3v) is 5.03. The molecule has 1 aromatic rings. The van der Waals surface area contributed by atoms with Crippen LogP contribution in [0, 0.1) is 5.92 Å². The Kier molecular flexibility index (Phi) is 6.32. The Morgan fingerprint density at radius 3 is 2.92 bits per heavy atom. The third-order valence-electron chi connectivity index (χ3n) is 5.03. The van der Waals surface area contributed by atoms with Crippen LogP contribution in [-0.4, -0.2) is 55.8 Å². The number of rotatable bonds is 7. The summed E-state index contributed by atoms with van der Waals surface area (Å²) >= 11 is 0. The molecule has 2 fully saturated rings. The molecular weight excluding hydrogens is 316 g/mol. The predicted octanol–water partition coefficient (Wildman–Crippen LogP) is 2.70. The van der Waals surface area contributed by atoms with Gasteiger partial charge in [-0.2, -0.15) is 0 Å². The molecule has 1 aromatic carbocycles. The second kappa shape index (κ2) is 8.68. The molecule has 0 radical (unpaired) electrons. The lowest BCUT2D eigenvalue weighted by atomic mass is 10.1. The van der Waals surface area contributed by atoms with Crippen LogP contribution in [0.4, 0.5) is 0 Å². The van der Waals surface area contributed by atoms with E-state index >= 15 is 0 Å². The van der Waals surface area contributed by atoms with Gasteiger partial charge in [-0.05, 0) is 56.0 Å². The van der Waals surface area contributed by atoms with Crippen LogP contribution in [0.5, 0.6) is 5.75 Å². The third kappa shape index (κ3) is 5.19. The zero-order valence-corrected chi connectivity index (χ0v) is 15.4. The van der Waals surface area contributed by atoms with Crippen molar-refractivity contribution in [3.63, 3.8) is 0 Å². The van der Waals surface area contributed by atoms with Crippen LogP contribution in [0.3, 0.4) is 0 Å². The maximum absolute atomic E-state index is 12.3. The van der Waals surface area contributed by atoms with Crippen LogP contribution in [0.1, 0.15) is 43.5 Å². The summed E-state index contributed by atoms with van der Waals surface area (Å²) in [6.07, 6.45) is 3.63. The van der Waals surface area contributed by atoms with Crippen molar-refractivity contribution in [1.82, 2.24) is 10.2 Å². The van der Waals surface area contributed by atoms with Gasteiger partial charge in [-0.15, -0.1) is 0 Å². The van der Waals surface area contributed by atoms with Gasteiger partial charge in [-0.1, -0.05) is 13.8 Å². The molecule has 1 amide bonds. The van der Waals surface area contributed by atoms with E-state index in [9.17, 15) is 4.79 Å². The van der Waals surface area contributed by atoms with E-state index < -0.39 is 0 Å². The van der Waals surface area contributed by atoms with E-state index in [1.54, 1.807) is 0 Å². The standard InChI is InChI=1S/C20H30N2O3/c1-15(2)9-11-24-18-7-5-16(6-8-18)20(23)21-12-19-13-22-10-3-4-17(22)14-25-19/h5-8,15,17,19H,3-4,9-14H2,1-2H3,(H,21,23). The van der Waals surface area contributed by atoms with Crippen molar-refractivity contribution in [3.8, 4) is 5.75 Å². The maximum Gasteiger partial charge on any atom is 0.251 e. The Balaban J connectivity index is 1.42. The lowest BCUT2D eigenvalue weighted by Gasteiger charge is -2.35. The summed E-state index contributed by atoms with van der Waals surface area (Å²) in [5.74, 6) is 1.39. The molecule has 5 nitrogen and oxygen atoms in total. The molecule has 1 N–H and O–H groups in total. The number of carbonyl (C=O) groups is 1. The number of carbonyl (C=O) groups excluding carboxylic acids is 1. The summed E-state index contributed by atoms with van der Waals surface area (Å²) in [6.45, 7) is 8.51. The van der Waals surface area contributed by atoms with Crippen molar-refractivity contribution >= 4 is 5.91 Å². The van der Waals surface area contributed by atoms with Gasteiger partial charge >= 0.3 is 0 Å². The summed E-state index contributed by atoms with van der Waals surface area (Å²) in [5.41, 5.74) is 0.658. The number of fused-ring (bicyclic) bond motifs is 1. The summed E-state index contributed by atoms with van der Waals surface area (Å²) in [6, 6.07) is 7.95. The minimum Gasteiger partial charge on any atom is -0.494 e. The van der Waals surface area contributed by atoms with Crippen LogP contribution in [0.15, 0.2) is 24.3 Å². The molecule has 0 aromatic heterocycles. The first-order chi connectivity index (χ1) is 12.1. The second-order valence-electron chi connectivity index (χ2n) is 7.51. The van der Waals surface area contributed by atoms with Crippen LogP contribution in [0.2, 0.25) is 0 Å². The number of amides is 1. The Morgan fingerprint density at radius 2 is 2.16 bits per heavy atom. The number of benzene rings is 1. The Labute approximate surface area is 150 Å². The largest absolute Gasteiger partial charge is 0.494 e. The number of hydrogen-bond donors (Lipinski definition) is 1. The average Bonchev–Trinajstić information content (AvgIpc) is 3.07. The van der Waals surface area contributed by atoms with E-state index in [4.69, 9.17) is 9.47 Å². The van der Waals surface area contributed by atoms with E-state index in [0.29, 0.717) is 30.7 Å². The van der Waals surface area contributed by atoms with E-state index in [1.165, 1.54) is 12.8 Å². The molecular formula is C20H30N2O3. The molecule has 0 saturated carbocycles. The first-order valence-electron chi connectivity index (χ1n) is 9.48. The molecule has 2 aliphatic heterocycles. The van der Waals surface area contributed by atoms with E-state index in [1.807, 2.05) is 24.3 Å². The number of hydrogen-bond acceptors (Lipinski definition) is 4. The zero-order chi connectivity index (χ0) is 17.6. The van der Waals surface area contributed by atoms with Gasteiger partial charge in [0.05, 0.1) is 19.3 Å². The molecule has 0 bridgehead atoms. The number of morpholine rings is 1. The van der Waals surface area contributed by atoms with Gasteiger partial charge < -0.3 is 14.8 Å². The van der Waals surface area contributed by atoms with Crippen LogP contribution >= 0.6 is 0 Å². The monoisotopic (exact) mass is 346 g/mol. The highest BCUT2D eigenvalue weighted by Crippen LogP contribution is 2.22. The zero-order valence-electron chi connectivity index (χ0n) is 15.4. The normalized spacial score (nSPS) is 23.5. The van der Waals surface area contributed by atoms with Gasteiger partial charge in [0.25, 0.3) is 5.91 Å². The summed E-state index contributed by atoms with van der Waals surface area (Å²) in [7, 11) is 0. The predicted molar refractivity (Wildman–Crippen MR) is 98.1 cm³/mol. The first-order valence-corrected chi connectivity index (χ1v) is 9.48. The Hall–Kier alpha value is -1.59. The minimum absolute atomic E-state index is 0.0547. The van der Waals surface area contributed by atoms with E-state index in [2.05, 4.69) is 24.1 Å². The molecule has 0 spiro atoms. The van der Waals surface area contributed by atoms with Gasteiger partial charge in [-0.3, -0.25) is 9.69 Å². The van der Waals surface area contributed by atoms with E-state index in [0.717, 1.165) is 31.9 Å². The quantitative estimate of drug-likeness (QED) is 0.825. The number of ether oxygens (including phenoxy) is 2. The van der Waals surface area contributed by atoms with Crippen molar-refractivity contribution in [2.45, 2.75) is 45.3 Å². The molecule has 0 aliphatic carbocycles. The van der Waals surface area contributed by atoms with Crippen LogP contribution < -0.4 is 10.1 Å². The molecule has 138 valence electrons. The van der Waals surface area contributed by atoms with Gasteiger partial charge in [0.2, 0.25) is 0 Å². The molecule has 2 atom stereocenters. The summed E-state index contributed by atoms with van der Waals surface area (Å²) in [4.78, 5) is 14.8. The highest BCUT2D eigenvalue weighted by atomic mass is 16.5. The van der Waals surface area contributed by atoms with Gasteiger partial charge in [0, 0.05) is 24.7 Å². The van der Waals surface area contributed by atoms with Gasteiger partial charge in [0.1, 0.15) is 5.75 Å². The molecule has 2 unspecified atom stereocenters. The molecule has 2 saturated heterocycles. The Bertz CT molecular complexity index is 559. The van der Waals surface area contributed by atoms with Crippen molar-refractivity contribution in [3.05, 3.63) is 29.8 Å². The fourth-order valence-corrected chi connectivity index (χ4v) is 3.43. The van der Waals surface area contributed by atoms with Crippen molar-refractivity contribution in [2.75, 3.05) is 32.8 Å². The first kappa shape index (κ1) is 18.2. The van der Waals surface area contributed by atoms with Crippen molar-refractivity contribution < 1.29 is 14.3 Å². The molecule has 25 heavy (non-hydrogen) atoms. The van der Waals surface area contributed by atoms with Crippen molar-refractivity contribution in [2.24, 2.45) is 5.92 Å². The fourth-order valence-electron chi connectivity index (χ4n) is 3.43. The summed E-state index contributed by atoms with van der Waals surface area (Å²) < 4.78 is 11.6. The second-order valence-corrected chi connectivity index (χ2v) is 7.51. The average molecular weight is 346 g/mol. The van der Waals surface area contributed by atoms with Gasteiger partial charge in [0.15, 0.2) is 0 Å². The minimum atomic E-state index is -0.0547. The van der Waals surface area contributed by atoms with Crippen molar-refractivity contribution in [1.29, 1.82) is 0 Å². The maximum atomic E-state index is 12.3.